The number of rotatable bonds is 7. The molecule has 28 heavy (non-hydrogen) atoms. The van der Waals surface area contributed by atoms with Gasteiger partial charge in [0.2, 0.25) is 5.91 Å². The fourth-order valence-electron chi connectivity index (χ4n) is 3.24. The highest BCUT2D eigenvalue weighted by Crippen LogP contribution is 2.22. The number of nitrogens with zero attached hydrogens (tertiary/aromatic N) is 2. The summed E-state index contributed by atoms with van der Waals surface area (Å²) in [5.74, 6) is 0.799. The molecule has 1 fully saturated rings. The molecule has 1 amide bonds. The maximum atomic E-state index is 12.7. The molecule has 1 aliphatic heterocycles. The summed E-state index contributed by atoms with van der Waals surface area (Å²) in [5.41, 5.74) is 1.68. The quantitative estimate of drug-likeness (QED) is 0.568. The number of carbonyl (C=O) groups excluding carboxylic acids is 2. The third-order valence-corrected chi connectivity index (χ3v) is 4.68. The van der Waals surface area contributed by atoms with Crippen LogP contribution in [0.25, 0.3) is 0 Å². The molecule has 1 aromatic carbocycles. The minimum Gasteiger partial charge on any atom is -0.494 e. The van der Waals surface area contributed by atoms with Crippen LogP contribution in [-0.4, -0.2) is 47.8 Å². The maximum absolute atomic E-state index is 12.7. The normalized spacial score (nSPS) is 16.2. The first-order chi connectivity index (χ1) is 13.1. The third-order valence-electron chi connectivity index (χ3n) is 4.68. The Hall–Kier alpha value is -2.44. The Labute approximate surface area is 171 Å². The smallest absolute Gasteiger partial charge is 0.223 e. The number of ketones is 1. The number of aromatic nitrogens is 1. The monoisotopic (exact) mass is 403 g/mol. The van der Waals surface area contributed by atoms with E-state index in [1.54, 1.807) is 24.4 Å². The lowest BCUT2D eigenvalue weighted by atomic mass is 10.0. The highest BCUT2D eigenvalue weighted by Gasteiger charge is 2.27. The van der Waals surface area contributed by atoms with Gasteiger partial charge in [-0.2, -0.15) is 0 Å². The number of carbonyl (C=O) groups is 2. The van der Waals surface area contributed by atoms with Gasteiger partial charge in [-0.1, -0.05) is 18.2 Å². The molecule has 0 aliphatic carbocycles. The van der Waals surface area contributed by atoms with Crippen molar-refractivity contribution in [1.82, 2.24) is 15.2 Å². The van der Waals surface area contributed by atoms with E-state index in [1.165, 1.54) is 6.92 Å². The van der Waals surface area contributed by atoms with Gasteiger partial charge in [0, 0.05) is 44.0 Å². The average molecular weight is 404 g/mol. The predicted octanol–water partition coefficient (Wildman–Crippen LogP) is 3.04. The van der Waals surface area contributed by atoms with Gasteiger partial charge in [-0.05, 0) is 37.1 Å². The lowest BCUT2D eigenvalue weighted by Crippen LogP contribution is -2.48. The molecule has 1 aliphatic rings. The molecule has 2 aromatic rings. The number of hydrogen-bond donors (Lipinski definition) is 1. The second kappa shape index (κ2) is 10.8. The minimum absolute atomic E-state index is 0. The summed E-state index contributed by atoms with van der Waals surface area (Å²) in [6, 6.07) is 11.1. The second-order valence-electron chi connectivity index (χ2n) is 6.63. The summed E-state index contributed by atoms with van der Waals surface area (Å²) in [5, 5.41) is 3.35. The molecule has 3 rings (SSSR count). The van der Waals surface area contributed by atoms with Crippen molar-refractivity contribution in [3.63, 3.8) is 0 Å². The van der Waals surface area contributed by atoms with Crippen LogP contribution in [0, 0.1) is 0 Å². The number of hydrogen-bond acceptors (Lipinski definition) is 5. The molecule has 7 heteroatoms. The lowest BCUT2D eigenvalue weighted by Gasteiger charge is -2.36. The molecule has 1 unspecified atom stereocenters. The van der Waals surface area contributed by atoms with E-state index < -0.39 is 0 Å². The van der Waals surface area contributed by atoms with Crippen LogP contribution in [0.1, 0.15) is 41.7 Å². The van der Waals surface area contributed by atoms with E-state index in [4.69, 9.17) is 4.74 Å². The third kappa shape index (κ3) is 5.78. The summed E-state index contributed by atoms with van der Waals surface area (Å²) in [6.45, 7) is 4.21. The first kappa shape index (κ1) is 21.9. The van der Waals surface area contributed by atoms with E-state index >= 15 is 0 Å². The van der Waals surface area contributed by atoms with Gasteiger partial charge >= 0.3 is 0 Å². The van der Waals surface area contributed by atoms with E-state index in [1.807, 2.05) is 29.3 Å². The predicted molar refractivity (Wildman–Crippen MR) is 110 cm³/mol. The van der Waals surface area contributed by atoms with Gasteiger partial charge in [-0.15, -0.1) is 12.4 Å². The summed E-state index contributed by atoms with van der Waals surface area (Å²) in [6.07, 6.45) is 4.63. The van der Waals surface area contributed by atoms with E-state index in [2.05, 4.69) is 10.3 Å². The zero-order chi connectivity index (χ0) is 19.1. The van der Waals surface area contributed by atoms with Crippen molar-refractivity contribution in [1.29, 1.82) is 0 Å². The standard InChI is InChI=1S/C21H25N3O3.ClH/c1-16(25)17-5-2-7-19(13-17)27-12-4-8-21(26)24-11-10-23-15-20(24)18-6-3-9-22-14-18;/h2-3,5-7,9,13-14,20,23H,4,8,10-12,15H2,1H3;1H. The van der Waals surface area contributed by atoms with E-state index in [0.29, 0.717) is 37.3 Å². The van der Waals surface area contributed by atoms with Gasteiger partial charge in [-0.3, -0.25) is 14.6 Å². The molecule has 0 saturated carbocycles. The zero-order valence-electron chi connectivity index (χ0n) is 16.0. The molecule has 2 heterocycles. The lowest BCUT2D eigenvalue weighted by molar-refractivity contribution is -0.134. The van der Waals surface area contributed by atoms with Gasteiger partial charge < -0.3 is 15.0 Å². The second-order valence-corrected chi connectivity index (χ2v) is 6.63. The number of benzene rings is 1. The molecule has 0 radical (unpaired) electrons. The SMILES string of the molecule is CC(=O)c1cccc(OCCCC(=O)N2CCNCC2c2cccnc2)c1.Cl. The van der Waals surface area contributed by atoms with Crippen molar-refractivity contribution in [3.05, 3.63) is 59.9 Å². The first-order valence-electron chi connectivity index (χ1n) is 9.29. The number of Topliss-reactive ketones (excluding diaryl/α,β-unsaturated/α-hetero) is 1. The average Bonchev–Trinajstić information content (AvgIpc) is 2.72. The number of nitrogens with one attached hydrogen (secondary N) is 1. The van der Waals surface area contributed by atoms with Crippen LogP contribution in [0.2, 0.25) is 0 Å². The molecule has 1 aromatic heterocycles. The summed E-state index contributed by atoms with van der Waals surface area (Å²) in [7, 11) is 0. The Bertz CT molecular complexity index is 785. The van der Waals surface area contributed by atoms with Crippen LogP contribution >= 0.6 is 12.4 Å². The topological polar surface area (TPSA) is 71.5 Å². The van der Waals surface area contributed by atoms with E-state index in [9.17, 15) is 9.59 Å². The zero-order valence-corrected chi connectivity index (χ0v) is 16.8. The van der Waals surface area contributed by atoms with E-state index in [0.717, 1.165) is 18.7 Å². The van der Waals surface area contributed by atoms with Gasteiger partial charge in [-0.25, -0.2) is 0 Å². The molecule has 0 bridgehead atoms. The van der Waals surface area contributed by atoms with Crippen LogP contribution in [0.15, 0.2) is 48.8 Å². The fourth-order valence-corrected chi connectivity index (χ4v) is 3.24. The number of halogens is 1. The Morgan fingerprint density at radius 1 is 1.29 bits per heavy atom. The van der Waals surface area contributed by atoms with E-state index in [-0.39, 0.29) is 30.1 Å². The number of ether oxygens (including phenoxy) is 1. The highest BCUT2D eigenvalue weighted by atomic mass is 35.5. The van der Waals surface area contributed by atoms with Crippen LogP contribution in [0.5, 0.6) is 5.75 Å². The Kier molecular flexibility index (Phi) is 8.42. The highest BCUT2D eigenvalue weighted by molar-refractivity contribution is 5.94. The van der Waals surface area contributed by atoms with Gasteiger partial charge in [0.25, 0.3) is 0 Å². The van der Waals surface area contributed by atoms with Gasteiger partial charge in [0.05, 0.1) is 12.6 Å². The van der Waals surface area contributed by atoms with Gasteiger partial charge in [0.1, 0.15) is 5.75 Å². The molecule has 0 spiro atoms. The fraction of sp³-hybridized carbons (Fsp3) is 0.381. The Morgan fingerprint density at radius 3 is 2.89 bits per heavy atom. The molecular formula is C21H26ClN3O3. The molecule has 6 nitrogen and oxygen atoms in total. The van der Waals surface area contributed by atoms with Crippen molar-refractivity contribution in [2.24, 2.45) is 0 Å². The van der Waals surface area contributed by atoms with Crippen LogP contribution < -0.4 is 10.1 Å². The van der Waals surface area contributed by atoms with Crippen LogP contribution in [0.4, 0.5) is 0 Å². The number of pyridine rings is 1. The Morgan fingerprint density at radius 2 is 2.14 bits per heavy atom. The largest absolute Gasteiger partial charge is 0.494 e. The minimum atomic E-state index is 0. The van der Waals surface area contributed by atoms with Crippen molar-refractivity contribution in [3.8, 4) is 5.75 Å². The summed E-state index contributed by atoms with van der Waals surface area (Å²) < 4.78 is 5.70. The summed E-state index contributed by atoms with van der Waals surface area (Å²) in [4.78, 5) is 30.2. The molecular weight excluding hydrogens is 378 g/mol. The number of piperazine rings is 1. The molecule has 1 atom stereocenters. The maximum Gasteiger partial charge on any atom is 0.223 e. The molecule has 1 saturated heterocycles. The van der Waals surface area contributed by atoms with Crippen LogP contribution in [0.3, 0.4) is 0 Å². The molecule has 1 N–H and O–H groups in total. The van der Waals surface area contributed by atoms with Crippen molar-refractivity contribution in [2.75, 3.05) is 26.2 Å². The molecule has 150 valence electrons. The van der Waals surface area contributed by atoms with Crippen molar-refractivity contribution in [2.45, 2.75) is 25.8 Å². The summed E-state index contributed by atoms with van der Waals surface area (Å²) >= 11 is 0. The first-order valence-corrected chi connectivity index (χ1v) is 9.29. The van der Waals surface area contributed by atoms with Gasteiger partial charge in [0.15, 0.2) is 5.78 Å². The van der Waals surface area contributed by atoms with Crippen molar-refractivity contribution < 1.29 is 14.3 Å². The Balaban J connectivity index is 0.00000280. The van der Waals surface area contributed by atoms with Crippen molar-refractivity contribution >= 4 is 24.1 Å². The number of amides is 1. The van der Waals surface area contributed by atoms with Crippen LogP contribution in [-0.2, 0) is 4.79 Å².